The van der Waals surface area contributed by atoms with Gasteiger partial charge in [0.15, 0.2) is 0 Å². The molecule has 0 unspecified atom stereocenters. The number of hydrogen-bond donors (Lipinski definition) is 1. The highest BCUT2D eigenvalue weighted by molar-refractivity contribution is 6.33. The van der Waals surface area contributed by atoms with Gasteiger partial charge in [-0.05, 0) is 18.6 Å². The molecule has 114 valence electrons. The van der Waals surface area contributed by atoms with Gasteiger partial charge in [-0.3, -0.25) is 0 Å². The first-order valence-corrected chi connectivity index (χ1v) is 6.90. The highest BCUT2D eigenvalue weighted by Crippen LogP contribution is 2.38. The van der Waals surface area contributed by atoms with Crippen molar-refractivity contribution in [2.45, 2.75) is 32.6 Å². The Kier molecular flexibility index (Phi) is 4.77. The van der Waals surface area contributed by atoms with E-state index in [1.807, 2.05) is 11.5 Å². The first-order valence-electron chi connectivity index (χ1n) is 6.52. The van der Waals surface area contributed by atoms with Crippen molar-refractivity contribution in [2.75, 3.05) is 5.32 Å². The van der Waals surface area contributed by atoms with Crippen molar-refractivity contribution in [1.82, 2.24) is 9.55 Å². The second kappa shape index (κ2) is 6.39. The number of imidazole rings is 1. The second-order valence-corrected chi connectivity index (χ2v) is 5.00. The van der Waals surface area contributed by atoms with Crippen LogP contribution in [0.5, 0.6) is 0 Å². The molecule has 0 bridgehead atoms. The van der Waals surface area contributed by atoms with Crippen LogP contribution in [0, 0.1) is 0 Å². The van der Waals surface area contributed by atoms with E-state index in [-0.39, 0.29) is 17.3 Å². The van der Waals surface area contributed by atoms with Crippen LogP contribution in [-0.4, -0.2) is 9.55 Å². The predicted molar refractivity (Wildman–Crippen MR) is 76.3 cm³/mol. The van der Waals surface area contributed by atoms with Gasteiger partial charge >= 0.3 is 6.18 Å². The molecule has 7 heteroatoms. The molecule has 0 aliphatic heterocycles. The summed E-state index contributed by atoms with van der Waals surface area (Å²) in [5.41, 5.74) is -0.0580. The number of benzene rings is 1. The summed E-state index contributed by atoms with van der Waals surface area (Å²) in [4.78, 5) is 4.01. The number of rotatable bonds is 5. The number of anilines is 1. The molecule has 1 aromatic carbocycles. The predicted octanol–water partition coefficient (Wildman–Crippen LogP) is 4.58. The van der Waals surface area contributed by atoms with E-state index in [4.69, 9.17) is 11.6 Å². The molecule has 1 heterocycles. The zero-order chi connectivity index (χ0) is 15.5. The third kappa shape index (κ3) is 3.69. The largest absolute Gasteiger partial charge is 0.418 e. The monoisotopic (exact) mass is 317 g/mol. The van der Waals surface area contributed by atoms with Crippen LogP contribution in [0.25, 0.3) is 0 Å². The molecular formula is C14H15ClF3N3. The molecule has 0 amide bonds. The Balaban J connectivity index is 2.22. The van der Waals surface area contributed by atoms with Crippen LogP contribution in [0.1, 0.15) is 24.6 Å². The van der Waals surface area contributed by atoms with Crippen molar-refractivity contribution in [3.8, 4) is 0 Å². The maximum atomic E-state index is 13.0. The lowest BCUT2D eigenvalue weighted by Crippen LogP contribution is -2.13. The smallest absolute Gasteiger partial charge is 0.378 e. The van der Waals surface area contributed by atoms with E-state index in [1.54, 1.807) is 12.5 Å². The second-order valence-electron chi connectivity index (χ2n) is 4.59. The first kappa shape index (κ1) is 15.7. The Labute approximate surface area is 125 Å². The average molecular weight is 318 g/mol. The van der Waals surface area contributed by atoms with E-state index in [1.165, 1.54) is 12.1 Å². The van der Waals surface area contributed by atoms with Crippen molar-refractivity contribution in [3.63, 3.8) is 0 Å². The molecule has 0 aliphatic carbocycles. The molecule has 1 aromatic heterocycles. The number of halogens is 4. The number of hydrogen-bond acceptors (Lipinski definition) is 2. The van der Waals surface area contributed by atoms with E-state index in [2.05, 4.69) is 10.3 Å². The number of aromatic nitrogens is 2. The third-order valence-electron chi connectivity index (χ3n) is 3.03. The summed E-state index contributed by atoms with van der Waals surface area (Å²) in [5, 5.41) is 2.82. The van der Waals surface area contributed by atoms with Gasteiger partial charge in [0.1, 0.15) is 0 Å². The number of nitrogens with one attached hydrogen (secondary N) is 1. The zero-order valence-electron chi connectivity index (χ0n) is 11.4. The normalized spacial score (nSPS) is 11.7. The van der Waals surface area contributed by atoms with Gasteiger partial charge < -0.3 is 9.88 Å². The molecule has 0 spiro atoms. The van der Waals surface area contributed by atoms with Crippen molar-refractivity contribution in [1.29, 1.82) is 0 Å². The number of alkyl halides is 3. The molecule has 0 saturated carbocycles. The standard InChI is InChI=1S/C14H15ClF3N3/c1-2-6-21-9-19-7-10(21)8-20-13-11(14(16,17)18)4-3-5-12(13)15/h3-5,7,9,20H,2,6,8H2,1H3. The van der Waals surface area contributed by atoms with E-state index in [0.29, 0.717) is 0 Å². The van der Waals surface area contributed by atoms with Gasteiger partial charge in [0.2, 0.25) is 0 Å². The summed E-state index contributed by atoms with van der Waals surface area (Å²) < 4.78 is 40.8. The van der Waals surface area contributed by atoms with Crippen LogP contribution < -0.4 is 5.32 Å². The lowest BCUT2D eigenvalue weighted by Gasteiger charge is -2.16. The summed E-state index contributed by atoms with van der Waals surface area (Å²) in [6.45, 7) is 3.02. The van der Waals surface area contributed by atoms with Crippen molar-refractivity contribution >= 4 is 17.3 Å². The zero-order valence-corrected chi connectivity index (χ0v) is 12.2. The summed E-state index contributed by atoms with van der Waals surface area (Å²) in [6, 6.07) is 3.73. The van der Waals surface area contributed by atoms with E-state index in [0.717, 1.165) is 24.7 Å². The van der Waals surface area contributed by atoms with Gasteiger partial charge in [-0.15, -0.1) is 0 Å². The fraction of sp³-hybridized carbons (Fsp3) is 0.357. The summed E-state index contributed by atoms with van der Waals surface area (Å²) in [5.74, 6) is 0. The molecule has 1 N–H and O–H groups in total. The third-order valence-corrected chi connectivity index (χ3v) is 3.34. The highest BCUT2D eigenvalue weighted by atomic mass is 35.5. The molecule has 0 saturated heterocycles. The SMILES string of the molecule is CCCn1cncc1CNc1c(Cl)cccc1C(F)(F)F. The summed E-state index contributed by atoms with van der Waals surface area (Å²) in [7, 11) is 0. The molecule has 3 nitrogen and oxygen atoms in total. The van der Waals surface area contributed by atoms with Crippen LogP contribution in [0.2, 0.25) is 5.02 Å². The van der Waals surface area contributed by atoms with Gasteiger partial charge in [-0.2, -0.15) is 13.2 Å². The average Bonchev–Trinajstić information content (AvgIpc) is 2.84. The summed E-state index contributed by atoms with van der Waals surface area (Å²) >= 11 is 5.89. The van der Waals surface area contributed by atoms with E-state index < -0.39 is 11.7 Å². The lowest BCUT2D eigenvalue weighted by atomic mass is 10.1. The van der Waals surface area contributed by atoms with Crippen molar-refractivity contribution in [2.24, 2.45) is 0 Å². The molecule has 0 fully saturated rings. The summed E-state index contributed by atoms with van der Waals surface area (Å²) in [6.07, 6.45) is -0.231. The molecule has 0 atom stereocenters. The minimum absolute atomic E-state index is 0.0476. The van der Waals surface area contributed by atoms with Gasteiger partial charge in [0.05, 0.1) is 34.8 Å². The molecule has 2 aromatic rings. The van der Waals surface area contributed by atoms with Crippen LogP contribution in [-0.2, 0) is 19.3 Å². The van der Waals surface area contributed by atoms with Crippen molar-refractivity contribution < 1.29 is 13.2 Å². The van der Waals surface area contributed by atoms with Gasteiger partial charge in [0, 0.05) is 12.7 Å². The quantitative estimate of drug-likeness (QED) is 0.875. The van der Waals surface area contributed by atoms with Crippen LogP contribution >= 0.6 is 11.6 Å². The number of aryl methyl sites for hydroxylation is 1. The molecule has 2 rings (SSSR count). The Morgan fingerprint density at radius 1 is 1.33 bits per heavy atom. The Hall–Kier alpha value is -1.69. The highest BCUT2D eigenvalue weighted by Gasteiger charge is 2.34. The Bertz CT molecular complexity index is 608. The van der Waals surface area contributed by atoms with Crippen LogP contribution in [0.15, 0.2) is 30.7 Å². The number of nitrogens with zero attached hydrogens (tertiary/aromatic N) is 2. The fourth-order valence-electron chi connectivity index (χ4n) is 2.06. The van der Waals surface area contributed by atoms with Gasteiger partial charge in [-0.1, -0.05) is 24.6 Å². The molecule has 0 radical (unpaired) electrons. The minimum atomic E-state index is -4.45. The van der Waals surface area contributed by atoms with Gasteiger partial charge in [-0.25, -0.2) is 4.98 Å². The lowest BCUT2D eigenvalue weighted by molar-refractivity contribution is -0.136. The molecular weight excluding hydrogens is 303 g/mol. The maximum Gasteiger partial charge on any atom is 0.418 e. The Morgan fingerprint density at radius 2 is 2.10 bits per heavy atom. The van der Waals surface area contributed by atoms with E-state index in [9.17, 15) is 13.2 Å². The Morgan fingerprint density at radius 3 is 2.76 bits per heavy atom. The molecule has 21 heavy (non-hydrogen) atoms. The van der Waals surface area contributed by atoms with Crippen LogP contribution in [0.4, 0.5) is 18.9 Å². The fourth-order valence-corrected chi connectivity index (χ4v) is 2.30. The van der Waals surface area contributed by atoms with Crippen LogP contribution in [0.3, 0.4) is 0 Å². The van der Waals surface area contributed by atoms with Gasteiger partial charge in [0.25, 0.3) is 0 Å². The number of para-hydroxylation sites is 1. The first-order chi connectivity index (χ1) is 9.93. The minimum Gasteiger partial charge on any atom is -0.378 e. The van der Waals surface area contributed by atoms with E-state index >= 15 is 0 Å². The van der Waals surface area contributed by atoms with Crippen molar-refractivity contribution in [3.05, 3.63) is 47.0 Å². The molecule has 0 aliphatic rings. The maximum absolute atomic E-state index is 13.0. The topological polar surface area (TPSA) is 29.9 Å².